The summed E-state index contributed by atoms with van der Waals surface area (Å²) in [5.74, 6) is 0.559. The van der Waals surface area contributed by atoms with Crippen LogP contribution in [0.2, 0.25) is 0 Å². The first-order valence-corrected chi connectivity index (χ1v) is 6.23. The Morgan fingerprint density at radius 1 is 1.56 bits per heavy atom. The fourth-order valence-electron chi connectivity index (χ4n) is 1.70. The zero-order chi connectivity index (χ0) is 13.5. The van der Waals surface area contributed by atoms with Crippen LogP contribution in [0.1, 0.15) is 26.3 Å². The van der Waals surface area contributed by atoms with Crippen LogP contribution in [0.5, 0.6) is 0 Å². The van der Waals surface area contributed by atoms with Crippen molar-refractivity contribution >= 4 is 11.7 Å². The molecule has 0 aliphatic heterocycles. The van der Waals surface area contributed by atoms with E-state index in [9.17, 15) is 4.79 Å². The Morgan fingerprint density at radius 3 is 2.83 bits per heavy atom. The van der Waals surface area contributed by atoms with Gasteiger partial charge < -0.3 is 11.1 Å². The van der Waals surface area contributed by atoms with E-state index in [4.69, 9.17) is 5.73 Å². The van der Waals surface area contributed by atoms with Crippen molar-refractivity contribution < 1.29 is 4.79 Å². The summed E-state index contributed by atoms with van der Waals surface area (Å²) in [6, 6.07) is 3.93. The van der Waals surface area contributed by atoms with Gasteiger partial charge in [0.2, 0.25) is 5.91 Å². The zero-order valence-corrected chi connectivity index (χ0v) is 11.3. The predicted molar refractivity (Wildman–Crippen MR) is 72.9 cm³/mol. The SMILES string of the molecule is CCN(CC(=O)NC(C)C)Cc1ccnc(N)c1. The van der Waals surface area contributed by atoms with Crippen molar-refractivity contribution in [3.63, 3.8) is 0 Å². The topological polar surface area (TPSA) is 71.2 Å². The Hall–Kier alpha value is -1.62. The van der Waals surface area contributed by atoms with Crippen LogP contribution in [0.3, 0.4) is 0 Å². The van der Waals surface area contributed by atoms with Crippen molar-refractivity contribution in [1.82, 2.24) is 15.2 Å². The Balaban J connectivity index is 2.54. The van der Waals surface area contributed by atoms with Crippen LogP contribution in [-0.4, -0.2) is 34.9 Å². The molecule has 0 saturated carbocycles. The largest absolute Gasteiger partial charge is 0.384 e. The second-order valence-electron chi connectivity index (χ2n) is 4.61. The first kappa shape index (κ1) is 14.4. The van der Waals surface area contributed by atoms with E-state index in [2.05, 4.69) is 15.2 Å². The van der Waals surface area contributed by atoms with Gasteiger partial charge in [-0.05, 0) is 38.1 Å². The molecule has 3 N–H and O–H groups in total. The van der Waals surface area contributed by atoms with Gasteiger partial charge in [-0.1, -0.05) is 6.92 Å². The van der Waals surface area contributed by atoms with Crippen LogP contribution in [0.25, 0.3) is 0 Å². The predicted octanol–water partition coefficient (Wildman–Crippen LogP) is 1.01. The molecule has 1 rings (SSSR count). The summed E-state index contributed by atoms with van der Waals surface area (Å²) < 4.78 is 0. The van der Waals surface area contributed by atoms with Gasteiger partial charge in [-0.15, -0.1) is 0 Å². The van der Waals surface area contributed by atoms with E-state index < -0.39 is 0 Å². The number of nitrogen functional groups attached to an aromatic ring is 1. The van der Waals surface area contributed by atoms with Crippen LogP contribution in [0.4, 0.5) is 5.82 Å². The van der Waals surface area contributed by atoms with Crippen LogP contribution in [0, 0.1) is 0 Å². The number of anilines is 1. The third kappa shape index (κ3) is 5.14. The third-order valence-electron chi connectivity index (χ3n) is 2.52. The Bertz CT molecular complexity index is 392. The van der Waals surface area contributed by atoms with Gasteiger partial charge in [0.05, 0.1) is 6.54 Å². The highest BCUT2D eigenvalue weighted by Crippen LogP contribution is 2.06. The standard InChI is InChI=1S/C13H22N4O/c1-4-17(9-13(18)16-10(2)3)8-11-5-6-15-12(14)7-11/h5-7,10H,4,8-9H2,1-3H3,(H2,14,15)(H,16,18). The molecule has 1 heterocycles. The summed E-state index contributed by atoms with van der Waals surface area (Å²) in [5.41, 5.74) is 6.71. The lowest BCUT2D eigenvalue weighted by molar-refractivity contribution is -0.122. The molecule has 5 nitrogen and oxygen atoms in total. The van der Waals surface area contributed by atoms with Crippen molar-refractivity contribution in [3.05, 3.63) is 23.9 Å². The van der Waals surface area contributed by atoms with Crippen LogP contribution >= 0.6 is 0 Å². The van der Waals surface area contributed by atoms with Gasteiger partial charge in [-0.25, -0.2) is 4.98 Å². The highest BCUT2D eigenvalue weighted by molar-refractivity contribution is 5.78. The number of nitrogens with zero attached hydrogens (tertiary/aromatic N) is 2. The molecular formula is C13H22N4O. The Labute approximate surface area is 108 Å². The zero-order valence-electron chi connectivity index (χ0n) is 11.3. The number of pyridine rings is 1. The highest BCUT2D eigenvalue weighted by atomic mass is 16.2. The number of likely N-dealkylation sites (N-methyl/N-ethyl adjacent to an activating group) is 1. The number of aromatic nitrogens is 1. The molecule has 0 aromatic carbocycles. The van der Waals surface area contributed by atoms with E-state index in [0.29, 0.717) is 18.9 Å². The molecule has 1 aromatic rings. The molecule has 0 bridgehead atoms. The molecule has 0 saturated heterocycles. The number of carbonyl (C=O) groups excluding carboxylic acids is 1. The maximum atomic E-state index is 11.7. The fraction of sp³-hybridized carbons (Fsp3) is 0.538. The molecule has 0 aliphatic rings. The van der Waals surface area contributed by atoms with Crippen molar-refractivity contribution in [2.24, 2.45) is 0 Å². The summed E-state index contributed by atoms with van der Waals surface area (Å²) in [6.07, 6.45) is 1.69. The molecule has 0 unspecified atom stereocenters. The molecule has 18 heavy (non-hydrogen) atoms. The summed E-state index contributed by atoms with van der Waals surface area (Å²) >= 11 is 0. The molecule has 100 valence electrons. The number of nitrogens with one attached hydrogen (secondary N) is 1. The monoisotopic (exact) mass is 250 g/mol. The van der Waals surface area contributed by atoms with Gasteiger partial charge in [0, 0.05) is 18.8 Å². The average Bonchev–Trinajstić information content (AvgIpc) is 2.27. The summed E-state index contributed by atoms with van der Waals surface area (Å²) in [6.45, 7) is 7.86. The van der Waals surface area contributed by atoms with E-state index >= 15 is 0 Å². The number of carbonyl (C=O) groups is 1. The minimum atomic E-state index is 0.0499. The molecule has 1 amide bonds. The first-order chi connectivity index (χ1) is 8.51. The second kappa shape index (κ2) is 6.96. The van der Waals surface area contributed by atoms with Crippen molar-refractivity contribution in [1.29, 1.82) is 0 Å². The highest BCUT2D eigenvalue weighted by Gasteiger charge is 2.10. The lowest BCUT2D eigenvalue weighted by Crippen LogP contribution is -2.39. The first-order valence-electron chi connectivity index (χ1n) is 6.23. The fourth-order valence-corrected chi connectivity index (χ4v) is 1.70. The lowest BCUT2D eigenvalue weighted by atomic mass is 10.2. The van der Waals surface area contributed by atoms with E-state index in [1.807, 2.05) is 32.9 Å². The summed E-state index contributed by atoms with van der Waals surface area (Å²) in [5, 5.41) is 2.89. The number of rotatable bonds is 6. The molecule has 0 fully saturated rings. The average molecular weight is 250 g/mol. The van der Waals surface area contributed by atoms with Crippen molar-refractivity contribution in [2.45, 2.75) is 33.4 Å². The van der Waals surface area contributed by atoms with E-state index in [-0.39, 0.29) is 11.9 Å². The Kier molecular flexibility index (Phi) is 5.58. The molecule has 0 radical (unpaired) electrons. The van der Waals surface area contributed by atoms with Gasteiger partial charge in [-0.3, -0.25) is 9.69 Å². The lowest BCUT2D eigenvalue weighted by Gasteiger charge is -2.20. The van der Waals surface area contributed by atoms with Gasteiger partial charge >= 0.3 is 0 Å². The normalized spacial score (nSPS) is 10.9. The van der Waals surface area contributed by atoms with Crippen molar-refractivity contribution in [3.8, 4) is 0 Å². The van der Waals surface area contributed by atoms with Crippen molar-refractivity contribution in [2.75, 3.05) is 18.8 Å². The van der Waals surface area contributed by atoms with Gasteiger partial charge in [0.15, 0.2) is 0 Å². The maximum absolute atomic E-state index is 11.7. The number of nitrogens with two attached hydrogens (primary N) is 1. The molecule has 0 atom stereocenters. The van der Waals surface area contributed by atoms with Gasteiger partial charge in [0.1, 0.15) is 5.82 Å². The molecule has 0 spiro atoms. The molecule has 5 heteroatoms. The number of amides is 1. The van der Waals surface area contributed by atoms with Gasteiger partial charge in [0.25, 0.3) is 0 Å². The van der Waals surface area contributed by atoms with Gasteiger partial charge in [-0.2, -0.15) is 0 Å². The Morgan fingerprint density at radius 2 is 2.28 bits per heavy atom. The van der Waals surface area contributed by atoms with Crippen LogP contribution in [-0.2, 0) is 11.3 Å². The molecular weight excluding hydrogens is 228 g/mol. The molecule has 1 aromatic heterocycles. The summed E-state index contributed by atoms with van der Waals surface area (Å²) in [7, 11) is 0. The van der Waals surface area contributed by atoms with E-state index in [1.54, 1.807) is 6.20 Å². The van der Waals surface area contributed by atoms with E-state index in [1.165, 1.54) is 0 Å². The quantitative estimate of drug-likeness (QED) is 0.790. The summed E-state index contributed by atoms with van der Waals surface area (Å²) in [4.78, 5) is 17.7. The third-order valence-corrected chi connectivity index (χ3v) is 2.52. The van der Waals surface area contributed by atoms with Crippen LogP contribution in [0.15, 0.2) is 18.3 Å². The van der Waals surface area contributed by atoms with E-state index in [0.717, 1.165) is 12.1 Å². The van der Waals surface area contributed by atoms with Crippen LogP contribution < -0.4 is 11.1 Å². The maximum Gasteiger partial charge on any atom is 0.234 e. The minimum absolute atomic E-state index is 0.0499. The number of hydrogen-bond donors (Lipinski definition) is 2. The smallest absolute Gasteiger partial charge is 0.234 e. The second-order valence-corrected chi connectivity index (χ2v) is 4.61. The minimum Gasteiger partial charge on any atom is -0.384 e. The number of hydrogen-bond acceptors (Lipinski definition) is 4. The molecule has 0 aliphatic carbocycles.